The number of benzene rings is 2. The molecule has 4 heterocycles. The van der Waals surface area contributed by atoms with Gasteiger partial charge in [-0.3, -0.25) is 14.4 Å². The zero-order valence-corrected chi connectivity index (χ0v) is 21.1. The van der Waals surface area contributed by atoms with Crippen molar-refractivity contribution in [3.05, 3.63) is 118 Å². The van der Waals surface area contributed by atoms with Crippen LogP contribution < -0.4 is 21.1 Å². The molecule has 0 spiro atoms. The van der Waals surface area contributed by atoms with E-state index in [1.165, 1.54) is 24.3 Å². The Balaban J connectivity index is 1.30. The highest BCUT2D eigenvalue weighted by molar-refractivity contribution is 6.07. The highest BCUT2D eigenvalue weighted by atomic mass is 19.1. The number of carbonyl (C=O) groups is 2. The predicted octanol–water partition coefficient (Wildman–Crippen LogP) is 4.39. The molecule has 0 aliphatic carbocycles. The monoisotopic (exact) mass is 526 g/mol. The molecule has 2 amide bonds. The van der Waals surface area contributed by atoms with Gasteiger partial charge in [0, 0.05) is 48.4 Å². The van der Waals surface area contributed by atoms with Crippen LogP contribution in [0.5, 0.6) is 0 Å². The van der Waals surface area contributed by atoms with Crippen LogP contribution in [0, 0.1) is 11.7 Å². The Morgan fingerprint density at radius 3 is 2.54 bits per heavy atom. The second kappa shape index (κ2) is 10.2. The van der Waals surface area contributed by atoms with Crippen LogP contribution in [0.15, 0.2) is 88.3 Å². The summed E-state index contributed by atoms with van der Waals surface area (Å²) in [7, 11) is 0. The Bertz CT molecular complexity index is 1580. The quantitative estimate of drug-likeness (QED) is 0.389. The fraction of sp³-hybridized carbons (Fsp3) is 0.233. The van der Waals surface area contributed by atoms with Crippen LogP contribution in [-0.4, -0.2) is 29.5 Å². The SMILES string of the molecule is O=C(NCc1ccco1)c1ccc(N2C[C@H]3C[C@@H](C2)c2cccc(=O)n2C3)c(NC(=O)c2ccc(F)cc2)c1. The summed E-state index contributed by atoms with van der Waals surface area (Å²) in [5, 5.41) is 5.78. The summed E-state index contributed by atoms with van der Waals surface area (Å²) in [6.45, 7) is 2.26. The van der Waals surface area contributed by atoms with Crippen molar-refractivity contribution in [2.24, 2.45) is 5.92 Å². The molecule has 39 heavy (non-hydrogen) atoms. The molecule has 9 heteroatoms. The fourth-order valence-electron chi connectivity index (χ4n) is 5.62. The third-order valence-electron chi connectivity index (χ3n) is 7.44. The van der Waals surface area contributed by atoms with Gasteiger partial charge in [-0.2, -0.15) is 0 Å². The van der Waals surface area contributed by atoms with Crippen molar-refractivity contribution in [3.8, 4) is 0 Å². The number of pyridine rings is 1. The summed E-state index contributed by atoms with van der Waals surface area (Å²) < 4.78 is 20.6. The minimum Gasteiger partial charge on any atom is -0.467 e. The van der Waals surface area contributed by atoms with Crippen LogP contribution in [0.4, 0.5) is 15.8 Å². The van der Waals surface area contributed by atoms with Crippen molar-refractivity contribution < 1.29 is 18.4 Å². The maximum Gasteiger partial charge on any atom is 0.255 e. The van der Waals surface area contributed by atoms with E-state index in [-0.39, 0.29) is 29.8 Å². The van der Waals surface area contributed by atoms with E-state index in [4.69, 9.17) is 4.42 Å². The first-order chi connectivity index (χ1) is 18.9. The standard InChI is InChI=1S/C30H27FN4O4/c31-23-9-6-20(7-10-23)30(38)33-25-14-21(29(37)32-15-24-3-2-12-39-24)8-11-27(25)34-16-19-13-22(18-34)26-4-1-5-28(36)35(26)17-19/h1-12,14,19,22H,13,15-18H2,(H,32,37)(H,33,38)/t19-,22+/m1/s1. The molecule has 2 atom stereocenters. The van der Waals surface area contributed by atoms with Crippen molar-refractivity contribution in [1.82, 2.24) is 9.88 Å². The number of fused-ring (bicyclic) bond motifs is 4. The summed E-state index contributed by atoms with van der Waals surface area (Å²) in [5.41, 5.74) is 3.00. The fourth-order valence-corrected chi connectivity index (χ4v) is 5.62. The van der Waals surface area contributed by atoms with Gasteiger partial charge in [-0.15, -0.1) is 0 Å². The van der Waals surface area contributed by atoms with Crippen molar-refractivity contribution in [1.29, 1.82) is 0 Å². The molecule has 1 fully saturated rings. The van der Waals surface area contributed by atoms with Crippen molar-refractivity contribution in [2.75, 3.05) is 23.3 Å². The number of amides is 2. The van der Waals surface area contributed by atoms with Gasteiger partial charge in [0.1, 0.15) is 11.6 Å². The Hall–Kier alpha value is -4.66. The molecule has 6 rings (SSSR count). The van der Waals surface area contributed by atoms with E-state index in [0.29, 0.717) is 42.2 Å². The first kappa shape index (κ1) is 24.7. The highest BCUT2D eigenvalue weighted by Gasteiger charge is 2.35. The van der Waals surface area contributed by atoms with Gasteiger partial charge in [-0.25, -0.2) is 4.39 Å². The molecule has 1 saturated heterocycles. The average molecular weight is 527 g/mol. The van der Waals surface area contributed by atoms with Gasteiger partial charge in [0.25, 0.3) is 17.4 Å². The third-order valence-corrected chi connectivity index (χ3v) is 7.44. The molecule has 2 aromatic heterocycles. The number of anilines is 2. The van der Waals surface area contributed by atoms with E-state index in [9.17, 15) is 18.8 Å². The lowest BCUT2D eigenvalue weighted by atomic mass is 9.83. The topological polar surface area (TPSA) is 96.6 Å². The highest BCUT2D eigenvalue weighted by Crippen LogP contribution is 2.39. The van der Waals surface area contributed by atoms with Gasteiger partial charge in [0.05, 0.1) is 24.2 Å². The molecule has 0 radical (unpaired) electrons. The molecular weight excluding hydrogens is 499 g/mol. The molecule has 0 saturated carbocycles. The zero-order chi connectivity index (χ0) is 26.9. The van der Waals surface area contributed by atoms with Gasteiger partial charge in [-0.05, 0) is 73.0 Å². The number of piperidine rings is 1. The second-order valence-electron chi connectivity index (χ2n) is 10.1. The lowest BCUT2D eigenvalue weighted by molar-refractivity contribution is 0.0946. The van der Waals surface area contributed by atoms with Crippen molar-refractivity contribution in [3.63, 3.8) is 0 Å². The molecule has 2 bridgehead atoms. The molecule has 198 valence electrons. The lowest BCUT2D eigenvalue weighted by Gasteiger charge is -2.44. The number of hydrogen-bond donors (Lipinski definition) is 2. The van der Waals surface area contributed by atoms with Gasteiger partial charge in [-0.1, -0.05) is 6.07 Å². The Kier molecular flexibility index (Phi) is 6.48. The Morgan fingerprint density at radius 2 is 1.74 bits per heavy atom. The summed E-state index contributed by atoms with van der Waals surface area (Å²) in [4.78, 5) is 40.7. The van der Waals surface area contributed by atoms with E-state index in [1.54, 1.807) is 42.7 Å². The zero-order valence-electron chi connectivity index (χ0n) is 21.1. The maximum absolute atomic E-state index is 13.4. The molecule has 0 unspecified atom stereocenters. The van der Waals surface area contributed by atoms with Gasteiger partial charge < -0.3 is 24.5 Å². The maximum atomic E-state index is 13.4. The number of halogens is 1. The van der Waals surface area contributed by atoms with Gasteiger partial charge in [0.15, 0.2) is 0 Å². The van der Waals surface area contributed by atoms with E-state index < -0.39 is 11.7 Å². The van der Waals surface area contributed by atoms with Crippen LogP contribution >= 0.6 is 0 Å². The summed E-state index contributed by atoms with van der Waals surface area (Å²) in [6.07, 6.45) is 2.53. The molecule has 2 aliphatic heterocycles. The number of carbonyl (C=O) groups excluding carboxylic acids is 2. The second-order valence-corrected chi connectivity index (χ2v) is 10.1. The minimum absolute atomic E-state index is 0.0211. The van der Waals surface area contributed by atoms with Crippen LogP contribution in [0.3, 0.4) is 0 Å². The molecule has 2 aromatic carbocycles. The first-order valence-electron chi connectivity index (χ1n) is 12.9. The van der Waals surface area contributed by atoms with Crippen molar-refractivity contribution >= 4 is 23.2 Å². The van der Waals surface area contributed by atoms with E-state index in [0.717, 1.165) is 17.8 Å². The summed E-state index contributed by atoms with van der Waals surface area (Å²) in [5.74, 6) is -0.0695. The number of rotatable bonds is 6. The number of nitrogens with one attached hydrogen (secondary N) is 2. The largest absolute Gasteiger partial charge is 0.467 e. The number of nitrogens with zero attached hydrogens (tertiary/aromatic N) is 2. The summed E-state index contributed by atoms with van der Waals surface area (Å²) in [6, 6.07) is 19.5. The molecule has 2 N–H and O–H groups in total. The van der Waals surface area contributed by atoms with Crippen LogP contribution in [0.2, 0.25) is 0 Å². The van der Waals surface area contributed by atoms with E-state index in [2.05, 4.69) is 15.5 Å². The average Bonchev–Trinajstić information content (AvgIpc) is 3.46. The normalized spacial score (nSPS) is 17.8. The van der Waals surface area contributed by atoms with Gasteiger partial charge >= 0.3 is 0 Å². The predicted molar refractivity (Wildman–Crippen MR) is 144 cm³/mol. The molecular formula is C30H27FN4O4. The van der Waals surface area contributed by atoms with Crippen molar-refractivity contribution in [2.45, 2.75) is 25.4 Å². The number of aromatic nitrogens is 1. The number of hydrogen-bond acceptors (Lipinski definition) is 5. The van der Waals surface area contributed by atoms with Crippen LogP contribution in [0.1, 0.15) is 44.5 Å². The Morgan fingerprint density at radius 1 is 0.923 bits per heavy atom. The smallest absolute Gasteiger partial charge is 0.255 e. The third kappa shape index (κ3) is 5.07. The first-order valence-corrected chi connectivity index (χ1v) is 12.9. The minimum atomic E-state index is -0.429. The van der Waals surface area contributed by atoms with Crippen LogP contribution in [0.25, 0.3) is 0 Å². The van der Waals surface area contributed by atoms with Crippen LogP contribution in [-0.2, 0) is 13.1 Å². The number of furan rings is 1. The molecule has 4 aromatic rings. The molecule has 2 aliphatic rings. The summed E-state index contributed by atoms with van der Waals surface area (Å²) >= 11 is 0. The van der Waals surface area contributed by atoms with Gasteiger partial charge in [0.2, 0.25) is 0 Å². The Labute approximate surface area is 224 Å². The van der Waals surface area contributed by atoms with E-state index >= 15 is 0 Å². The molecule has 8 nitrogen and oxygen atoms in total. The lowest BCUT2D eigenvalue weighted by Crippen LogP contribution is -2.47. The van der Waals surface area contributed by atoms with E-state index in [1.807, 2.05) is 16.7 Å².